The fourth-order valence-corrected chi connectivity index (χ4v) is 0.833. The number of carbonyl (C=O) groups excluding carboxylic acids is 1. The summed E-state index contributed by atoms with van der Waals surface area (Å²) >= 11 is 0. The van der Waals surface area contributed by atoms with Crippen LogP contribution in [0.15, 0.2) is 34.4 Å². The Morgan fingerprint density at radius 3 is 3.00 bits per heavy atom. The number of nitrogens with two attached hydrogens (primary N) is 1. The van der Waals surface area contributed by atoms with Crippen molar-refractivity contribution in [3.8, 4) is 0 Å². The molecule has 0 saturated heterocycles. The van der Waals surface area contributed by atoms with Crippen LogP contribution >= 0.6 is 0 Å². The van der Waals surface area contributed by atoms with Crippen molar-refractivity contribution >= 4 is 23.8 Å². The van der Waals surface area contributed by atoms with Crippen LogP contribution in [0.25, 0.3) is 0 Å². The molecule has 78 valence electrons. The Bertz CT molecular complexity index is 384. The van der Waals surface area contributed by atoms with Gasteiger partial charge in [-0.15, -0.1) is 0 Å². The Morgan fingerprint density at radius 2 is 2.40 bits per heavy atom. The number of aliphatic imine (C=N–C) groups is 2. The van der Waals surface area contributed by atoms with Gasteiger partial charge in [0, 0.05) is 12.6 Å². The van der Waals surface area contributed by atoms with Gasteiger partial charge in [0.05, 0.1) is 0 Å². The largest absolute Gasteiger partial charge is 0.381 e. The van der Waals surface area contributed by atoms with Gasteiger partial charge >= 0.3 is 0 Å². The van der Waals surface area contributed by atoms with Gasteiger partial charge in [0.2, 0.25) is 0 Å². The van der Waals surface area contributed by atoms with Crippen molar-refractivity contribution in [1.29, 1.82) is 0 Å². The van der Waals surface area contributed by atoms with E-state index < -0.39 is 0 Å². The fraction of sp³-hybridized carbons (Fsp3) is 0.200. The van der Waals surface area contributed by atoms with Gasteiger partial charge in [0.1, 0.15) is 6.34 Å². The van der Waals surface area contributed by atoms with Gasteiger partial charge in [0.25, 0.3) is 0 Å². The van der Waals surface area contributed by atoms with Gasteiger partial charge in [-0.25, -0.2) is 15.0 Å². The second-order valence-electron chi connectivity index (χ2n) is 2.72. The Balaban J connectivity index is 2.64. The van der Waals surface area contributed by atoms with Gasteiger partial charge in [-0.05, 0) is 12.1 Å². The number of nitrogens with zero attached hydrogens (tertiary/aromatic N) is 3. The molecule has 0 radical (unpaired) electrons. The maximum Gasteiger partial charge on any atom is 0.197 e. The number of carbonyl (C=O) groups is 1. The first kappa shape index (κ1) is 11.0. The lowest BCUT2D eigenvalue weighted by atomic mass is 10.3. The second kappa shape index (κ2) is 5.64. The zero-order valence-electron chi connectivity index (χ0n) is 8.42. The minimum Gasteiger partial charge on any atom is -0.381 e. The molecule has 0 aromatic carbocycles. The van der Waals surface area contributed by atoms with Crippen LogP contribution in [-0.2, 0) is 4.79 Å². The van der Waals surface area contributed by atoms with Crippen molar-refractivity contribution in [2.45, 2.75) is 13.3 Å². The summed E-state index contributed by atoms with van der Waals surface area (Å²) in [6.45, 7) is 1.72. The Hall–Kier alpha value is -2.04. The van der Waals surface area contributed by atoms with Crippen molar-refractivity contribution < 1.29 is 4.79 Å². The van der Waals surface area contributed by atoms with E-state index in [9.17, 15) is 4.79 Å². The lowest BCUT2D eigenvalue weighted by molar-refractivity contribution is -0.112. The number of aromatic nitrogens is 1. The van der Waals surface area contributed by atoms with Crippen molar-refractivity contribution in [3.05, 3.63) is 24.4 Å². The Kier molecular flexibility index (Phi) is 4.15. The molecule has 0 saturated carbocycles. The molecule has 0 bridgehead atoms. The molecule has 0 aliphatic rings. The molecule has 0 spiro atoms. The molecular formula is C10H12N4O. The summed E-state index contributed by atoms with van der Waals surface area (Å²) in [5, 5.41) is 0. The Morgan fingerprint density at radius 1 is 1.60 bits per heavy atom. The first-order valence-electron chi connectivity index (χ1n) is 4.54. The maximum atomic E-state index is 11.0. The molecule has 1 aromatic heterocycles. The molecule has 5 heteroatoms. The van der Waals surface area contributed by atoms with Crippen LogP contribution in [0.3, 0.4) is 0 Å². The first-order valence-corrected chi connectivity index (χ1v) is 4.54. The summed E-state index contributed by atoms with van der Waals surface area (Å²) < 4.78 is 0. The summed E-state index contributed by atoms with van der Waals surface area (Å²) in [7, 11) is 0. The minimum atomic E-state index is -0.192. The first-order chi connectivity index (χ1) is 7.24. The third kappa shape index (κ3) is 3.68. The van der Waals surface area contributed by atoms with Crippen LogP contribution in [0.2, 0.25) is 0 Å². The lowest BCUT2D eigenvalue weighted by Gasteiger charge is -1.92. The average Bonchev–Trinajstić information content (AvgIpc) is 2.29. The predicted octanol–water partition coefficient (Wildman–Crippen LogP) is 1.08. The summed E-state index contributed by atoms with van der Waals surface area (Å²) in [5.41, 5.74) is 5.38. The molecule has 1 rings (SSSR count). The summed E-state index contributed by atoms with van der Waals surface area (Å²) in [5.74, 6) is 0.303. The van der Waals surface area contributed by atoms with E-state index in [1.165, 1.54) is 6.34 Å². The van der Waals surface area contributed by atoms with Gasteiger partial charge in [-0.2, -0.15) is 0 Å². The lowest BCUT2D eigenvalue weighted by Crippen LogP contribution is -2.22. The highest BCUT2D eigenvalue weighted by atomic mass is 16.1. The highest BCUT2D eigenvalue weighted by Crippen LogP contribution is 2.02. The molecule has 0 aliphatic heterocycles. The van der Waals surface area contributed by atoms with E-state index in [1.54, 1.807) is 25.3 Å². The van der Waals surface area contributed by atoms with E-state index in [4.69, 9.17) is 5.73 Å². The number of hydrogen-bond donors (Lipinski definition) is 1. The van der Waals surface area contributed by atoms with Crippen molar-refractivity contribution in [2.75, 3.05) is 0 Å². The number of hydrogen-bond acceptors (Lipinski definition) is 3. The number of Topliss-reactive ketones (excluding diaryl/α,β-unsaturated/α-hetero) is 1. The van der Waals surface area contributed by atoms with Crippen LogP contribution in [0.1, 0.15) is 13.3 Å². The highest BCUT2D eigenvalue weighted by Gasteiger charge is 2.01. The van der Waals surface area contributed by atoms with Gasteiger partial charge < -0.3 is 5.73 Å². The van der Waals surface area contributed by atoms with E-state index in [0.29, 0.717) is 12.2 Å². The standard InChI is InChI=1S/C10H12N4O/c1-2-8(15)10(11)14-7-13-9-5-3-4-6-12-9/h3-7H,2H2,1H3,(H2,11,12,13,14). The van der Waals surface area contributed by atoms with Crippen molar-refractivity contribution in [2.24, 2.45) is 15.7 Å². The number of amidine groups is 1. The topological polar surface area (TPSA) is 80.7 Å². The molecular weight excluding hydrogens is 192 g/mol. The molecule has 1 heterocycles. The predicted molar refractivity (Wildman–Crippen MR) is 59.3 cm³/mol. The average molecular weight is 204 g/mol. The zero-order chi connectivity index (χ0) is 11.1. The third-order valence-corrected chi connectivity index (χ3v) is 1.64. The highest BCUT2D eigenvalue weighted by molar-refractivity contribution is 6.39. The van der Waals surface area contributed by atoms with Crippen LogP contribution in [-0.4, -0.2) is 22.9 Å². The molecule has 0 unspecified atom stereocenters. The molecule has 2 N–H and O–H groups in total. The summed E-state index contributed by atoms with van der Waals surface area (Å²) in [6.07, 6.45) is 3.19. The summed E-state index contributed by atoms with van der Waals surface area (Å²) in [4.78, 5) is 22.6. The van der Waals surface area contributed by atoms with E-state index in [1.807, 2.05) is 6.07 Å². The van der Waals surface area contributed by atoms with Crippen LogP contribution in [0.4, 0.5) is 5.82 Å². The third-order valence-electron chi connectivity index (χ3n) is 1.64. The maximum absolute atomic E-state index is 11.0. The molecule has 0 aliphatic carbocycles. The minimum absolute atomic E-state index is 0.0304. The van der Waals surface area contributed by atoms with Gasteiger partial charge in [0.15, 0.2) is 17.4 Å². The van der Waals surface area contributed by atoms with Crippen LogP contribution in [0.5, 0.6) is 0 Å². The van der Waals surface area contributed by atoms with Crippen LogP contribution in [0, 0.1) is 0 Å². The van der Waals surface area contributed by atoms with Crippen molar-refractivity contribution in [3.63, 3.8) is 0 Å². The number of rotatable bonds is 4. The molecule has 0 atom stereocenters. The fourth-order valence-electron chi connectivity index (χ4n) is 0.833. The van der Waals surface area contributed by atoms with Crippen LogP contribution < -0.4 is 5.73 Å². The Labute approximate surface area is 87.8 Å². The smallest absolute Gasteiger partial charge is 0.197 e. The normalized spacial score (nSPS) is 11.9. The van der Waals surface area contributed by atoms with E-state index >= 15 is 0 Å². The van der Waals surface area contributed by atoms with E-state index in [2.05, 4.69) is 15.0 Å². The van der Waals surface area contributed by atoms with Gasteiger partial charge in [-0.3, -0.25) is 4.79 Å². The molecule has 15 heavy (non-hydrogen) atoms. The van der Waals surface area contributed by atoms with E-state index in [-0.39, 0.29) is 11.6 Å². The summed E-state index contributed by atoms with van der Waals surface area (Å²) in [6, 6.07) is 5.32. The van der Waals surface area contributed by atoms with Crippen molar-refractivity contribution in [1.82, 2.24) is 4.98 Å². The van der Waals surface area contributed by atoms with Gasteiger partial charge in [-0.1, -0.05) is 13.0 Å². The second-order valence-corrected chi connectivity index (χ2v) is 2.72. The molecule has 5 nitrogen and oxygen atoms in total. The zero-order valence-corrected chi connectivity index (χ0v) is 8.42. The quantitative estimate of drug-likeness (QED) is 0.588. The molecule has 0 fully saturated rings. The SMILES string of the molecule is CCC(=O)C(N)=NC=Nc1ccccn1. The number of pyridine rings is 1. The van der Waals surface area contributed by atoms with E-state index in [0.717, 1.165) is 0 Å². The monoisotopic (exact) mass is 204 g/mol. The molecule has 1 aromatic rings. The molecule has 0 amide bonds. The number of ketones is 1.